The van der Waals surface area contributed by atoms with Crippen LogP contribution in [0.3, 0.4) is 0 Å². The molecule has 3 N–H and O–H groups in total. The van der Waals surface area contributed by atoms with Crippen molar-refractivity contribution in [2.75, 3.05) is 32.8 Å². The Balaban J connectivity index is 1.86. The number of amides is 1. The standard InChI is InChI=1S/C14H26N2O3/c1-13(2,11-4-3-6-15-8-11)12(17)16-9-14(18)5-7-19-10-14/h11,15,18H,3-10H2,1-2H3,(H,16,17). The van der Waals surface area contributed by atoms with Crippen LogP contribution >= 0.6 is 0 Å². The van der Waals surface area contributed by atoms with Gasteiger partial charge in [0, 0.05) is 25.0 Å². The Hall–Kier alpha value is -0.650. The Labute approximate surface area is 115 Å². The van der Waals surface area contributed by atoms with E-state index in [0.717, 1.165) is 25.9 Å². The number of aliphatic hydroxyl groups is 1. The van der Waals surface area contributed by atoms with Gasteiger partial charge in [0.15, 0.2) is 0 Å². The molecule has 0 radical (unpaired) electrons. The zero-order valence-electron chi connectivity index (χ0n) is 12.0. The maximum atomic E-state index is 12.4. The van der Waals surface area contributed by atoms with Crippen molar-refractivity contribution < 1.29 is 14.6 Å². The first kappa shape index (κ1) is 14.8. The average molecular weight is 270 g/mol. The van der Waals surface area contributed by atoms with E-state index in [2.05, 4.69) is 10.6 Å². The Kier molecular flexibility index (Phi) is 4.48. The average Bonchev–Trinajstić information content (AvgIpc) is 2.84. The number of nitrogens with one attached hydrogen (secondary N) is 2. The SMILES string of the molecule is CC(C)(C(=O)NCC1(O)CCOC1)C1CCCNC1. The van der Waals surface area contributed by atoms with E-state index in [1.165, 1.54) is 0 Å². The highest BCUT2D eigenvalue weighted by Crippen LogP contribution is 2.32. The Morgan fingerprint density at radius 1 is 1.58 bits per heavy atom. The number of rotatable bonds is 4. The molecule has 0 aromatic heterocycles. The van der Waals surface area contributed by atoms with E-state index in [9.17, 15) is 9.90 Å². The number of piperidine rings is 1. The molecule has 2 unspecified atom stereocenters. The normalized spacial score (nSPS) is 32.3. The second kappa shape index (κ2) is 5.77. The van der Waals surface area contributed by atoms with Gasteiger partial charge in [-0.25, -0.2) is 0 Å². The van der Waals surface area contributed by atoms with Crippen LogP contribution in [0.1, 0.15) is 33.1 Å². The van der Waals surface area contributed by atoms with Crippen molar-refractivity contribution in [3.63, 3.8) is 0 Å². The molecule has 2 rings (SSSR count). The number of hydrogen-bond acceptors (Lipinski definition) is 4. The summed E-state index contributed by atoms with van der Waals surface area (Å²) in [5, 5.41) is 16.4. The van der Waals surface area contributed by atoms with Crippen molar-refractivity contribution in [2.24, 2.45) is 11.3 Å². The number of carbonyl (C=O) groups excluding carboxylic acids is 1. The third-order valence-corrected chi connectivity index (χ3v) is 4.56. The highest BCUT2D eigenvalue weighted by Gasteiger charge is 2.39. The van der Waals surface area contributed by atoms with Crippen molar-refractivity contribution >= 4 is 5.91 Å². The molecule has 0 saturated carbocycles. The van der Waals surface area contributed by atoms with E-state index in [1.54, 1.807) is 0 Å². The maximum Gasteiger partial charge on any atom is 0.226 e. The molecule has 110 valence electrons. The Morgan fingerprint density at radius 2 is 2.37 bits per heavy atom. The molecule has 0 aromatic carbocycles. The molecule has 2 aliphatic heterocycles. The molecule has 0 spiro atoms. The zero-order chi connectivity index (χ0) is 13.9. The molecule has 5 nitrogen and oxygen atoms in total. The van der Waals surface area contributed by atoms with Crippen LogP contribution in [0, 0.1) is 11.3 Å². The van der Waals surface area contributed by atoms with E-state index < -0.39 is 11.0 Å². The lowest BCUT2D eigenvalue weighted by molar-refractivity contribution is -0.133. The smallest absolute Gasteiger partial charge is 0.226 e. The Bertz CT molecular complexity index is 319. The van der Waals surface area contributed by atoms with Crippen LogP contribution in [0.4, 0.5) is 0 Å². The van der Waals surface area contributed by atoms with Crippen molar-refractivity contribution in [2.45, 2.75) is 38.7 Å². The molecule has 2 aliphatic rings. The Morgan fingerprint density at radius 3 is 2.95 bits per heavy atom. The summed E-state index contributed by atoms with van der Waals surface area (Å²) in [4.78, 5) is 12.4. The number of carbonyl (C=O) groups is 1. The summed E-state index contributed by atoms with van der Waals surface area (Å²) >= 11 is 0. The minimum Gasteiger partial charge on any atom is -0.386 e. The summed E-state index contributed by atoms with van der Waals surface area (Å²) in [5.74, 6) is 0.386. The van der Waals surface area contributed by atoms with Gasteiger partial charge < -0.3 is 20.5 Å². The minimum atomic E-state index is -0.878. The fraction of sp³-hybridized carbons (Fsp3) is 0.929. The van der Waals surface area contributed by atoms with E-state index >= 15 is 0 Å². The van der Waals surface area contributed by atoms with Crippen molar-refractivity contribution in [3.8, 4) is 0 Å². The summed E-state index contributed by atoms with van der Waals surface area (Å²) in [6.07, 6.45) is 2.80. The molecular formula is C14H26N2O3. The predicted molar refractivity (Wildman–Crippen MR) is 72.8 cm³/mol. The molecule has 0 aliphatic carbocycles. The fourth-order valence-corrected chi connectivity index (χ4v) is 2.86. The molecular weight excluding hydrogens is 244 g/mol. The van der Waals surface area contributed by atoms with Gasteiger partial charge in [0.25, 0.3) is 0 Å². The van der Waals surface area contributed by atoms with Gasteiger partial charge in [-0.2, -0.15) is 0 Å². The van der Waals surface area contributed by atoms with Gasteiger partial charge in [-0.1, -0.05) is 13.8 Å². The number of ether oxygens (including phenoxy) is 1. The van der Waals surface area contributed by atoms with Crippen molar-refractivity contribution in [1.82, 2.24) is 10.6 Å². The van der Waals surface area contributed by atoms with E-state index in [0.29, 0.717) is 25.6 Å². The molecule has 2 fully saturated rings. The van der Waals surface area contributed by atoms with E-state index in [-0.39, 0.29) is 12.5 Å². The molecule has 2 heterocycles. The lowest BCUT2D eigenvalue weighted by Crippen LogP contribution is -2.51. The predicted octanol–water partition coefficient (Wildman–Crippen LogP) is 0.280. The van der Waals surface area contributed by atoms with Crippen LogP contribution in [0.15, 0.2) is 0 Å². The molecule has 0 aromatic rings. The topological polar surface area (TPSA) is 70.6 Å². The molecule has 5 heteroatoms. The third kappa shape index (κ3) is 3.46. The fourth-order valence-electron chi connectivity index (χ4n) is 2.86. The second-order valence-corrected chi connectivity index (χ2v) is 6.47. The van der Waals surface area contributed by atoms with Crippen LogP contribution in [0.2, 0.25) is 0 Å². The van der Waals surface area contributed by atoms with Crippen LogP contribution in [-0.2, 0) is 9.53 Å². The summed E-state index contributed by atoms with van der Waals surface area (Å²) < 4.78 is 5.18. The van der Waals surface area contributed by atoms with Crippen LogP contribution < -0.4 is 10.6 Å². The van der Waals surface area contributed by atoms with Gasteiger partial charge in [0.05, 0.1) is 6.61 Å². The largest absolute Gasteiger partial charge is 0.386 e. The quantitative estimate of drug-likeness (QED) is 0.686. The van der Waals surface area contributed by atoms with Gasteiger partial charge in [-0.05, 0) is 31.8 Å². The molecule has 2 atom stereocenters. The van der Waals surface area contributed by atoms with Gasteiger partial charge in [-0.3, -0.25) is 4.79 Å². The summed E-state index contributed by atoms with van der Waals surface area (Å²) in [5.41, 5.74) is -1.28. The van der Waals surface area contributed by atoms with Crippen LogP contribution in [-0.4, -0.2) is 49.5 Å². The lowest BCUT2D eigenvalue weighted by atomic mass is 9.74. The first-order valence-electron chi connectivity index (χ1n) is 7.23. The molecule has 0 bridgehead atoms. The third-order valence-electron chi connectivity index (χ3n) is 4.56. The molecule has 1 amide bonds. The second-order valence-electron chi connectivity index (χ2n) is 6.47. The van der Waals surface area contributed by atoms with Crippen molar-refractivity contribution in [3.05, 3.63) is 0 Å². The van der Waals surface area contributed by atoms with Gasteiger partial charge in [0.2, 0.25) is 5.91 Å². The minimum absolute atomic E-state index is 0.0292. The van der Waals surface area contributed by atoms with E-state index in [4.69, 9.17) is 4.74 Å². The molecule has 2 saturated heterocycles. The highest BCUT2D eigenvalue weighted by atomic mass is 16.5. The summed E-state index contributed by atoms with van der Waals surface area (Å²) in [6, 6.07) is 0. The van der Waals surface area contributed by atoms with Gasteiger partial charge in [-0.15, -0.1) is 0 Å². The molecule has 19 heavy (non-hydrogen) atoms. The van der Waals surface area contributed by atoms with Gasteiger partial charge >= 0.3 is 0 Å². The lowest BCUT2D eigenvalue weighted by Gasteiger charge is -2.36. The monoisotopic (exact) mass is 270 g/mol. The summed E-state index contributed by atoms with van der Waals surface area (Å²) in [7, 11) is 0. The van der Waals surface area contributed by atoms with E-state index in [1.807, 2.05) is 13.8 Å². The van der Waals surface area contributed by atoms with Crippen LogP contribution in [0.5, 0.6) is 0 Å². The zero-order valence-corrected chi connectivity index (χ0v) is 12.0. The first-order chi connectivity index (χ1) is 8.94. The van der Waals surface area contributed by atoms with Crippen molar-refractivity contribution in [1.29, 1.82) is 0 Å². The number of hydrogen-bond donors (Lipinski definition) is 3. The highest BCUT2D eigenvalue weighted by molar-refractivity contribution is 5.82. The van der Waals surface area contributed by atoms with Gasteiger partial charge in [0.1, 0.15) is 5.60 Å². The summed E-state index contributed by atoms with van der Waals surface area (Å²) in [6.45, 7) is 7.11. The maximum absolute atomic E-state index is 12.4. The van der Waals surface area contributed by atoms with Crippen LogP contribution in [0.25, 0.3) is 0 Å². The first-order valence-corrected chi connectivity index (χ1v) is 7.23.